The highest BCUT2D eigenvalue weighted by Crippen LogP contribution is 2.43. The molecule has 42 heavy (non-hydrogen) atoms. The average Bonchev–Trinajstić information content (AvgIpc) is 3.24. The van der Waals surface area contributed by atoms with Crippen LogP contribution in [-0.2, 0) is 22.6 Å². The molecular formula is C34H41N3O4S. The van der Waals surface area contributed by atoms with E-state index in [-0.39, 0.29) is 18.7 Å². The van der Waals surface area contributed by atoms with Gasteiger partial charge in [-0.2, -0.15) is 0 Å². The van der Waals surface area contributed by atoms with Gasteiger partial charge in [0, 0.05) is 17.9 Å². The van der Waals surface area contributed by atoms with Crippen LogP contribution in [0.4, 0.5) is 0 Å². The first-order valence-corrected chi connectivity index (χ1v) is 16.7. The second-order valence-corrected chi connectivity index (χ2v) is 13.7. The first kappa shape index (κ1) is 29.1. The largest absolute Gasteiger partial charge is 0.313 e. The second-order valence-electron chi connectivity index (χ2n) is 12.6. The van der Waals surface area contributed by atoms with Crippen LogP contribution in [0.25, 0.3) is 0 Å². The zero-order valence-electron chi connectivity index (χ0n) is 24.2. The fraction of sp³-hybridized carbons (Fsp3) is 0.529. The van der Waals surface area contributed by atoms with Crippen molar-refractivity contribution >= 4 is 35.4 Å². The quantitative estimate of drug-likeness (QED) is 0.205. The van der Waals surface area contributed by atoms with Crippen molar-refractivity contribution < 1.29 is 19.2 Å². The van der Waals surface area contributed by atoms with E-state index in [2.05, 4.69) is 34.9 Å². The number of fused-ring (bicyclic) bond motifs is 3. The maximum atomic E-state index is 13.3. The number of benzene rings is 2. The molecule has 2 aliphatic carbocycles. The Morgan fingerprint density at radius 1 is 0.881 bits per heavy atom. The van der Waals surface area contributed by atoms with Crippen molar-refractivity contribution in [1.29, 1.82) is 0 Å². The zero-order valence-corrected chi connectivity index (χ0v) is 25.1. The number of rotatable bonds is 11. The summed E-state index contributed by atoms with van der Waals surface area (Å²) in [6.45, 7) is 2.02. The summed E-state index contributed by atoms with van der Waals surface area (Å²) in [4.78, 5) is 52.0. The van der Waals surface area contributed by atoms with Crippen LogP contribution < -0.4 is 10.6 Å². The van der Waals surface area contributed by atoms with Crippen LogP contribution in [0.1, 0.15) is 96.1 Å². The number of thioether (sulfide) groups is 1. The van der Waals surface area contributed by atoms with E-state index < -0.39 is 23.8 Å². The molecule has 2 heterocycles. The van der Waals surface area contributed by atoms with E-state index >= 15 is 0 Å². The van der Waals surface area contributed by atoms with Crippen molar-refractivity contribution in [3.8, 4) is 0 Å². The van der Waals surface area contributed by atoms with E-state index in [1.807, 2.05) is 6.07 Å². The van der Waals surface area contributed by atoms with E-state index in [0.717, 1.165) is 59.2 Å². The molecule has 7 nitrogen and oxygen atoms in total. The van der Waals surface area contributed by atoms with Crippen molar-refractivity contribution in [2.45, 2.75) is 88.1 Å². The van der Waals surface area contributed by atoms with Crippen molar-refractivity contribution in [2.75, 3.05) is 12.3 Å². The van der Waals surface area contributed by atoms with Gasteiger partial charge in [-0.3, -0.25) is 29.4 Å². The van der Waals surface area contributed by atoms with Gasteiger partial charge in [-0.15, -0.1) is 11.8 Å². The number of carbonyl (C=O) groups excluding carboxylic acids is 4. The number of piperidine rings is 1. The Bertz CT molecular complexity index is 1330. The number of imide groups is 2. The van der Waals surface area contributed by atoms with Gasteiger partial charge in [0.1, 0.15) is 6.04 Å². The lowest BCUT2D eigenvalue weighted by Crippen LogP contribution is -2.54. The molecule has 2 N–H and O–H groups in total. The third kappa shape index (κ3) is 6.50. The van der Waals surface area contributed by atoms with Crippen molar-refractivity contribution in [3.05, 3.63) is 64.7 Å². The Kier molecular flexibility index (Phi) is 9.10. The van der Waals surface area contributed by atoms with Gasteiger partial charge in [0.15, 0.2) is 0 Å². The highest BCUT2D eigenvalue weighted by Gasteiger charge is 2.45. The number of hydrogen-bond acceptors (Lipinski definition) is 6. The topological polar surface area (TPSA) is 95.6 Å². The summed E-state index contributed by atoms with van der Waals surface area (Å²) >= 11 is 1.57. The Morgan fingerprint density at radius 2 is 1.64 bits per heavy atom. The molecule has 3 atom stereocenters. The van der Waals surface area contributed by atoms with Gasteiger partial charge in [0.05, 0.1) is 11.1 Å². The third-order valence-electron chi connectivity index (χ3n) is 9.60. The monoisotopic (exact) mass is 587 g/mol. The second kappa shape index (κ2) is 13.1. The first-order valence-electron chi connectivity index (χ1n) is 15.7. The van der Waals surface area contributed by atoms with Gasteiger partial charge >= 0.3 is 0 Å². The van der Waals surface area contributed by atoms with E-state index in [0.29, 0.717) is 11.1 Å². The molecule has 3 unspecified atom stereocenters. The number of amides is 4. The SMILES string of the molecule is O=C1CCC(N2C(=O)c3cccc(SCCCc4ccc(CNCCC5CC6CCCC(C6)C5)cc4)c3C2=O)C(=O)N1. The van der Waals surface area contributed by atoms with Crippen LogP contribution in [0.3, 0.4) is 0 Å². The maximum Gasteiger partial charge on any atom is 0.263 e. The Hall–Kier alpha value is -2.97. The summed E-state index contributed by atoms with van der Waals surface area (Å²) in [6.07, 6.45) is 12.2. The molecule has 0 aromatic heterocycles. The molecular weight excluding hydrogens is 546 g/mol. The van der Waals surface area contributed by atoms with Crippen LogP contribution in [0, 0.1) is 17.8 Å². The van der Waals surface area contributed by atoms with Crippen LogP contribution in [0.5, 0.6) is 0 Å². The van der Waals surface area contributed by atoms with Gasteiger partial charge in [-0.25, -0.2) is 0 Å². The van der Waals surface area contributed by atoms with Crippen molar-refractivity contribution in [1.82, 2.24) is 15.5 Å². The summed E-state index contributed by atoms with van der Waals surface area (Å²) in [5, 5.41) is 5.91. The molecule has 2 saturated carbocycles. The lowest BCUT2D eigenvalue weighted by atomic mass is 9.67. The molecule has 2 bridgehead atoms. The van der Waals surface area contributed by atoms with Gasteiger partial charge in [0.2, 0.25) is 11.8 Å². The zero-order chi connectivity index (χ0) is 29.1. The minimum atomic E-state index is -0.942. The smallest absolute Gasteiger partial charge is 0.263 e. The summed E-state index contributed by atoms with van der Waals surface area (Å²) in [6, 6.07) is 13.2. The molecule has 2 aromatic carbocycles. The number of carbonyl (C=O) groups is 4. The molecule has 3 fully saturated rings. The molecule has 4 amide bonds. The number of aryl methyl sites for hydroxylation is 1. The third-order valence-corrected chi connectivity index (χ3v) is 10.7. The summed E-state index contributed by atoms with van der Waals surface area (Å²) < 4.78 is 0. The van der Waals surface area contributed by atoms with Crippen molar-refractivity contribution in [2.24, 2.45) is 17.8 Å². The Balaban J connectivity index is 0.940. The Morgan fingerprint density at radius 3 is 2.40 bits per heavy atom. The first-order chi connectivity index (χ1) is 20.5. The van der Waals surface area contributed by atoms with Crippen LogP contribution in [-0.4, -0.2) is 46.9 Å². The molecule has 0 spiro atoms. The molecule has 6 rings (SSSR count). The van der Waals surface area contributed by atoms with Gasteiger partial charge < -0.3 is 5.32 Å². The highest BCUT2D eigenvalue weighted by molar-refractivity contribution is 7.99. The highest BCUT2D eigenvalue weighted by atomic mass is 32.2. The van der Waals surface area contributed by atoms with E-state index in [1.54, 1.807) is 23.9 Å². The number of nitrogens with one attached hydrogen (secondary N) is 2. The lowest BCUT2D eigenvalue weighted by molar-refractivity contribution is -0.136. The minimum absolute atomic E-state index is 0.115. The fourth-order valence-corrected chi connectivity index (χ4v) is 8.56. The van der Waals surface area contributed by atoms with Crippen molar-refractivity contribution in [3.63, 3.8) is 0 Å². The maximum absolute atomic E-state index is 13.3. The average molecular weight is 588 g/mol. The van der Waals surface area contributed by atoms with Crippen LogP contribution in [0.15, 0.2) is 47.4 Å². The lowest BCUT2D eigenvalue weighted by Gasteiger charge is -2.39. The summed E-state index contributed by atoms with van der Waals surface area (Å²) in [7, 11) is 0. The normalized spacial score (nSPS) is 25.5. The summed E-state index contributed by atoms with van der Waals surface area (Å²) in [5.41, 5.74) is 3.32. The predicted molar refractivity (Wildman–Crippen MR) is 163 cm³/mol. The molecule has 8 heteroatoms. The van der Waals surface area contributed by atoms with Crippen LogP contribution in [0.2, 0.25) is 0 Å². The number of hydrogen-bond donors (Lipinski definition) is 2. The molecule has 1 saturated heterocycles. The Labute approximate surface area is 252 Å². The molecule has 2 aliphatic heterocycles. The van der Waals surface area contributed by atoms with E-state index in [4.69, 9.17) is 0 Å². The fourth-order valence-electron chi connectivity index (χ4n) is 7.53. The summed E-state index contributed by atoms with van der Waals surface area (Å²) in [5.74, 6) is 1.87. The minimum Gasteiger partial charge on any atom is -0.313 e. The molecule has 0 radical (unpaired) electrons. The van der Waals surface area contributed by atoms with E-state index in [9.17, 15) is 19.2 Å². The molecule has 2 aromatic rings. The van der Waals surface area contributed by atoms with Gasteiger partial charge in [-0.05, 0) is 98.3 Å². The number of nitrogens with zero attached hydrogens (tertiary/aromatic N) is 1. The van der Waals surface area contributed by atoms with E-state index in [1.165, 1.54) is 56.1 Å². The predicted octanol–water partition coefficient (Wildman–Crippen LogP) is 5.51. The van der Waals surface area contributed by atoms with Gasteiger partial charge in [0.25, 0.3) is 11.8 Å². The standard InChI is InChI=1S/C34H41N3O4S/c38-30-14-13-28(32(39)36-30)37-33(40)27-7-2-8-29(31(27)34(37)41)42-17-3-6-22-9-11-23(12-10-22)21-35-16-15-26-19-24-4-1-5-25(18-24)20-26/h2,7-12,24-26,28,35H,1,3-6,13-21H2,(H,36,38,39). The molecule has 222 valence electrons. The van der Waals surface area contributed by atoms with Gasteiger partial charge in [-0.1, -0.05) is 49.6 Å². The molecule has 4 aliphatic rings. The van der Waals surface area contributed by atoms with Crippen LogP contribution >= 0.6 is 11.8 Å².